The Labute approximate surface area is 74.4 Å². The number of hydrogen-bond acceptors (Lipinski definition) is 1. The number of unbranched alkanes of at least 4 members (excludes halogenated alkanes) is 1. The zero-order valence-corrected chi connectivity index (χ0v) is 8.20. The average Bonchev–Trinajstić information content (AvgIpc) is 1.84. The second kappa shape index (κ2) is 5.42. The van der Waals surface area contributed by atoms with Crippen molar-refractivity contribution in [2.24, 2.45) is 5.41 Å². The highest BCUT2D eigenvalue weighted by Crippen LogP contribution is 2.22. The molecule has 2 nitrogen and oxygen atoms in total. The van der Waals surface area contributed by atoms with Gasteiger partial charge < -0.3 is 5.11 Å². The molecule has 0 spiro atoms. The van der Waals surface area contributed by atoms with Gasteiger partial charge in [-0.15, -0.1) is 12.4 Å². The van der Waals surface area contributed by atoms with E-state index in [-0.39, 0.29) is 12.4 Å². The van der Waals surface area contributed by atoms with Crippen LogP contribution in [0.15, 0.2) is 0 Å². The van der Waals surface area contributed by atoms with Crippen LogP contribution in [0, 0.1) is 5.41 Å². The fraction of sp³-hybridized carbons (Fsp3) is 0.875. The lowest BCUT2D eigenvalue weighted by Crippen LogP contribution is -2.23. The molecule has 0 unspecified atom stereocenters. The van der Waals surface area contributed by atoms with E-state index in [0.29, 0.717) is 0 Å². The molecule has 0 atom stereocenters. The highest BCUT2D eigenvalue weighted by atomic mass is 35.5. The predicted molar refractivity (Wildman–Crippen MR) is 48.2 cm³/mol. The van der Waals surface area contributed by atoms with Crippen LogP contribution in [0.25, 0.3) is 0 Å². The Morgan fingerprint density at radius 1 is 1.45 bits per heavy atom. The lowest BCUT2D eigenvalue weighted by molar-refractivity contribution is -0.147. The van der Waals surface area contributed by atoms with E-state index in [0.717, 1.165) is 19.3 Å². The summed E-state index contributed by atoms with van der Waals surface area (Å²) in [5.41, 5.74) is -0.532. The van der Waals surface area contributed by atoms with Crippen LogP contribution >= 0.6 is 12.4 Å². The Bertz CT molecular complexity index is 121. The Hall–Kier alpha value is -0.240. The van der Waals surface area contributed by atoms with E-state index in [1.165, 1.54) is 0 Å². The molecule has 3 heteroatoms. The van der Waals surface area contributed by atoms with Crippen LogP contribution in [-0.2, 0) is 4.79 Å². The van der Waals surface area contributed by atoms with Crippen molar-refractivity contribution < 1.29 is 9.90 Å². The Morgan fingerprint density at radius 3 is 2.18 bits per heavy atom. The molecule has 0 radical (unpaired) electrons. The molecule has 0 bridgehead atoms. The van der Waals surface area contributed by atoms with Crippen LogP contribution < -0.4 is 0 Å². The third kappa shape index (κ3) is 5.08. The van der Waals surface area contributed by atoms with E-state index >= 15 is 0 Å². The molecule has 0 rings (SSSR count). The van der Waals surface area contributed by atoms with Crippen LogP contribution in [-0.4, -0.2) is 11.1 Å². The van der Waals surface area contributed by atoms with Crippen LogP contribution in [0.1, 0.15) is 40.0 Å². The molecule has 0 saturated carbocycles. The molecule has 0 saturated heterocycles. The first-order chi connectivity index (χ1) is 4.50. The first kappa shape index (κ1) is 13.4. The van der Waals surface area contributed by atoms with Crippen LogP contribution in [0.4, 0.5) is 0 Å². The average molecular weight is 181 g/mol. The normalized spacial score (nSPS) is 10.5. The molecule has 68 valence electrons. The van der Waals surface area contributed by atoms with E-state index in [2.05, 4.69) is 6.92 Å². The summed E-state index contributed by atoms with van der Waals surface area (Å²) in [6.45, 7) is 5.61. The van der Waals surface area contributed by atoms with Gasteiger partial charge in [0, 0.05) is 0 Å². The standard InChI is InChI=1S/C8H16O2.ClH/c1-4-5-6-8(2,3)7(9)10;/h4-6H2,1-3H3,(H,9,10);1H. The Balaban J connectivity index is 0. The highest BCUT2D eigenvalue weighted by molar-refractivity contribution is 5.85. The molecule has 0 aromatic heterocycles. The smallest absolute Gasteiger partial charge is 0.309 e. The van der Waals surface area contributed by atoms with Crippen LogP contribution in [0.3, 0.4) is 0 Å². The van der Waals surface area contributed by atoms with Gasteiger partial charge in [-0.05, 0) is 20.3 Å². The van der Waals surface area contributed by atoms with Gasteiger partial charge in [-0.25, -0.2) is 0 Å². The third-order valence-corrected chi connectivity index (χ3v) is 1.73. The topological polar surface area (TPSA) is 37.3 Å². The maximum atomic E-state index is 10.5. The quantitative estimate of drug-likeness (QED) is 0.723. The van der Waals surface area contributed by atoms with E-state index in [1.807, 2.05) is 0 Å². The van der Waals surface area contributed by atoms with Crippen molar-refractivity contribution in [1.82, 2.24) is 0 Å². The van der Waals surface area contributed by atoms with Gasteiger partial charge in [0.15, 0.2) is 0 Å². The molecule has 0 aromatic rings. The van der Waals surface area contributed by atoms with Crippen molar-refractivity contribution >= 4 is 18.4 Å². The minimum atomic E-state index is -0.694. The zero-order valence-electron chi connectivity index (χ0n) is 7.39. The largest absolute Gasteiger partial charge is 0.481 e. The molecule has 0 amide bonds. The van der Waals surface area contributed by atoms with Gasteiger partial charge in [0.1, 0.15) is 0 Å². The Kier molecular flexibility index (Phi) is 6.58. The maximum Gasteiger partial charge on any atom is 0.309 e. The number of carboxylic acid groups (broad SMARTS) is 1. The second-order valence-electron chi connectivity index (χ2n) is 3.29. The van der Waals surface area contributed by atoms with Gasteiger partial charge in [-0.2, -0.15) is 0 Å². The van der Waals surface area contributed by atoms with Crippen LogP contribution in [0.2, 0.25) is 0 Å². The van der Waals surface area contributed by atoms with Crippen molar-refractivity contribution in [3.63, 3.8) is 0 Å². The van der Waals surface area contributed by atoms with Gasteiger partial charge in [0.25, 0.3) is 0 Å². The van der Waals surface area contributed by atoms with E-state index in [1.54, 1.807) is 13.8 Å². The SMILES string of the molecule is CCCCC(C)(C)C(=O)O.Cl. The minimum absolute atomic E-state index is 0. The number of hydrogen-bond donors (Lipinski definition) is 1. The van der Waals surface area contributed by atoms with Gasteiger partial charge in [0.05, 0.1) is 5.41 Å². The fourth-order valence-corrected chi connectivity index (χ4v) is 0.726. The minimum Gasteiger partial charge on any atom is -0.481 e. The first-order valence-electron chi connectivity index (χ1n) is 3.74. The molecule has 0 aliphatic carbocycles. The summed E-state index contributed by atoms with van der Waals surface area (Å²) in [4.78, 5) is 10.5. The number of carbonyl (C=O) groups is 1. The summed E-state index contributed by atoms with van der Waals surface area (Å²) in [7, 11) is 0. The molecule has 0 heterocycles. The second-order valence-corrected chi connectivity index (χ2v) is 3.29. The van der Waals surface area contributed by atoms with Crippen molar-refractivity contribution in [2.75, 3.05) is 0 Å². The molecule has 0 aliphatic heterocycles. The lowest BCUT2D eigenvalue weighted by Gasteiger charge is -2.17. The Morgan fingerprint density at radius 2 is 1.91 bits per heavy atom. The molecule has 1 N–H and O–H groups in total. The summed E-state index contributed by atoms with van der Waals surface area (Å²) < 4.78 is 0. The number of halogens is 1. The molecular weight excluding hydrogens is 164 g/mol. The van der Waals surface area contributed by atoms with Crippen LogP contribution in [0.5, 0.6) is 0 Å². The zero-order chi connectivity index (χ0) is 8.20. The highest BCUT2D eigenvalue weighted by Gasteiger charge is 2.25. The van der Waals surface area contributed by atoms with Gasteiger partial charge in [-0.3, -0.25) is 4.79 Å². The van der Waals surface area contributed by atoms with E-state index in [4.69, 9.17) is 5.11 Å². The van der Waals surface area contributed by atoms with E-state index < -0.39 is 11.4 Å². The molecule has 0 fully saturated rings. The summed E-state index contributed by atoms with van der Waals surface area (Å²) in [6.07, 6.45) is 2.84. The molecule has 0 aliphatic rings. The monoisotopic (exact) mass is 180 g/mol. The van der Waals surface area contributed by atoms with Crippen molar-refractivity contribution in [2.45, 2.75) is 40.0 Å². The number of carboxylic acids is 1. The van der Waals surface area contributed by atoms with Crippen molar-refractivity contribution in [3.8, 4) is 0 Å². The summed E-state index contributed by atoms with van der Waals surface area (Å²) in [6, 6.07) is 0. The van der Waals surface area contributed by atoms with Gasteiger partial charge in [-0.1, -0.05) is 19.8 Å². The lowest BCUT2D eigenvalue weighted by atomic mass is 9.88. The third-order valence-electron chi connectivity index (χ3n) is 1.73. The van der Waals surface area contributed by atoms with E-state index in [9.17, 15) is 4.79 Å². The molecule has 0 aromatic carbocycles. The van der Waals surface area contributed by atoms with Crippen molar-refractivity contribution in [1.29, 1.82) is 0 Å². The fourth-order valence-electron chi connectivity index (χ4n) is 0.726. The maximum absolute atomic E-state index is 10.5. The predicted octanol–water partition coefficient (Wildman–Crippen LogP) is 2.71. The first-order valence-corrected chi connectivity index (χ1v) is 3.74. The molecular formula is C8H17ClO2. The van der Waals surface area contributed by atoms with Gasteiger partial charge in [0.2, 0.25) is 0 Å². The summed E-state index contributed by atoms with van der Waals surface area (Å²) in [5.74, 6) is -0.694. The number of rotatable bonds is 4. The summed E-state index contributed by atoms with van der Waals surface area (Å²) in [5, 5.41) is 8.67. The summed E-state index contributed by atoms with van der Waals surface area (Å²) >= 11 is 0. The van der Waals surface area contributed by atoms with Crippen molar-refractivity contribution in [3.05, 3.63) is 0 Å². The molecule has 11 heavy (non-hydrogen) atoms. The van der Waals surface area contributed by atoms with Gasteiger partial charge >= 0.3 is 5.97 Å². The number of aliphatic carboxylic acids is 1.